The molecule has 0 unspecified atom stereocenters. The number of fused-ring (bicyclic) bond motifs is 1. The molecule has 0 fully saturated rings. The summed E-state index contributed by atoms with van der Waals surface area (Å²) in [6, 6.07) is 11.1. The van der Waals surface area contributed by atoms with E-state index in [1.807, 2.05) is 0 Å². The molecule has 0 saturated carbocycles. The van der Waals surface area contributed by atoms with Crippen LogP contribution in [0.25, 0.3) is 0 Å². The van der Waals surface area contributed by atoms with Crippen LogP contribution in [-0.2, 0) is 0 Å². The summed E-state index contributed by atoms with van der Waals surface area (Å²) in [5.41, 5.74) is 5.99. The van der Waals surface area contributed by atoms with E-state index in [1.54, 1.807) is 42.5 Å². The van der Waals surface area contributed by atoms with Crippen LogP contribution in [0.3, 0.4) is 0 Å². The molecule has 0 aromatic heterocycles. The molecule has 1 amide bonds. The zero-order valence-electron chi connectivity index (χ0n) is 13.1. The number of carbonyl (C=O) groups excluding carboxylic acids is 1. The molecular formula is C16H13F2N3O3S2. The first-order chi connectivity index (χ1) is 12.5. The summed E-state index contributed by atoms with van der Waals surface area (Å²) in [7, 11) is 0. The Morgan fingerprint density at radius 3 is 2.54 bits per heavy atom. The highest BCUT2D eigenvalue weighted by atomic mass is 32.2. The Balaban J connectivity index is 1.50. The lowest BCUT2D eigenvalue weighted by atomic mass is 10.2. The van der Waals surface area contributed by atoms with Crippen molar-refractivity contribution in [2.45, 2.75) is 10.7 Å². The first kappa shape index (κ1) is 18.2. The summed E-state index contributed by atoms with van der Waals surface area (Å²) in [5, 5.41) is 2.98. The van der Waals surface area contributed by atoms with Gasteiger partial charge in [0.05, 0.1) is 0 Å². The Kier molecular flexibility index (Phi) is 5.74. The fourth-order valence-electron chi connectivity index (χ4n) is 2.11. The summed E-state index contributed by atoms with van der Waals surface area (Å²) >= 11 is 5.54. The Bertz CT molecular complexity index is 819. The van der Waals surface area contributed by atoms with Gasteiger partial charge in [0.2, 0.25) is 6.79 Å². The number of carbonyl (C=O) groups is 1. The first-order valence-electron chi connectivity index (χ1n) is 7.33. The van der Waals surface area contributed by atoms with E-state index in [0.29, 0.717) is 39.4 Å². The number of rotatable bonds is 4. The summed E-state index contributed by atoms with van der Waals surface area (Å²) in [4.78, 5) is 12.6. The average Bonchev–Trinajstić information content (AvgIpc) is 3.08. The molecule has 3 N–H and O–H groups in total. The molecule has 6 nitrogen and oxygen atoms in total. The zero-order valence-corrected chi connectivity index (χ0v) is 14.8. The Morgan fingerprint density at radius 1 is 1.08 bits per heavy atom. The van der Waals surface area contributed by atoms with Crippen LogP contribution in [0.5, 0.6) is 11.5 Å². The number of hydrazine groups is 1. The number of anilines is 1. The standard InChI is InChI=1S/C16H13F2N3O3S2/c17-15(18)26-11-4-2-10(3-5-11)19-16(25)21-20-14(22)9-1-6-12-13(7-9)24-8-23-12/h1-7,15H,8H2,(H,20,22)(H2,19,21,25). The van der Waals surface area contributed by atoms with Crippen LogP contribution in [0.15, 0.2) is 47.4 Å². The highest BCUT2D eigenvalue weighted by molar-refractivity contribution is 7.99. The molecule has 0 radical (unpaired) electrons. The van der Waals surface area contributed by atoms with Crippen LogP contribution in [0.1, 0.15) is 10.4 Å². The van der Waals surface area contributed by atoms with Crippen LogP contribution >= 0.6 is 24.0 Å². The van der Waals surface area contributed by atoms with Crippen LogP contribution in [0.2, 0.25) is 0 Å². The largest absolute Gasteiger partial charge is 0.454 e. The molecule has 1 aliphatic rings. The van der Waals surface area contributed by atoms with Crippen LogP contribution in [0.4, 0.5) is 14.5 Å². The van der Waals surface area contributed by atoms with E-state index in [4.69, 9.17) is 21.7 Å². The van der Waals surface area contributed by atoms with Crippen LogP contribution < -0.4 is 25.6 Å². The lowest BCUT2D eigenvalue weighted by molar-refractivity contribution is 0.0943. The topological polar surface area (TPSA) is 71.6 Å². The molecule has 1 aliphatic heterocycles. The van der Waals surface area contributed by atoms with Gasteiger partial charge in [-0.15, -0.1) is 0 Å². The van der Waals surface area contributed by atoms with Crippen molar-refractivity contribution in [2.24, 2.45) is 0 Å². The van der Waals surface area contributed by atoms with Crippen LogP contribution in [0, 0.1) is 0 Å². The van der Waals surface area contributed by atoms with Gasteiger partial charge in [0.1, 0.15) is 0 Å². The molecule has 26 heavy (non-hydrogen) atoms. The lowest BCUT2D eigenvalue weighted by Gasteiger charge is -2.12. The predicted octanol–water partition coefficient (Wildman–Crippen LogP) is 3.36. The van der Waals surface area contributed by atoms with Gasteiger partial charge in [-0.25, -0.2) is 0 Å². The quantitative estimate of drug-likeness (QED) is 0.415. The second kappa shape index (κ2) is 8.19. The number of ether oxygens (including phenoxy) is 2. The van der Waals surface area contributed by atoms with Crippen molar-refractivity contribution >= 4 is 40.7 Å². The smallest absolute Gasteiger partial charge is 0.288 e. The van der Waals surface area contributed by atoms with E-state index in [2.05, 4.69) is 16.2 Å². The van der Waals surface area contributed by atoms with Gasteiger partial charge in [-0.1, -0.05) is 11.8 Å². The fourth-order valence-corrected chi connectivity index (χ4v) is 2.77. The Hall–Kier alpha value is -2.59. The van der Waals surface area contributed by atoms with Crippen molar-refractivity contribution < 1.29 is 23.0 Å². The van der Waals surface area contributed by atoms with Crippen LogP contribution in [-0.4, -0.2) is 23.6 Å². The highest BCUT2D eigenvalue weighted by Crippen LogP contribution is 2.32. The summed E-state index contributed by atoms with van der Waals surface area (Å²) in [5.74, 6) is -1.79. The molecule has 2 aromatic rings. The normalized spacial score (nSPS) is 12.0. The minimum Gasteiger partial charge on any atom is -0.454 e. The van der Waals surface area contributed by atoms with E-state index < -0.39 is 11.7 Å². The monoisotopic (exact) mass is 397 g/mol. The summed E-state index contributed by atoms with van der Waals surface area (Å²) in [6.07, 6.45) is 0. The van der Waals surface area contributed by atoms with Crippen molar-refractivity contribution in [3.05, 3.63) is 48.0 Å². The van der Waals surface area contributed by atoms with Gasteiger partial charge >= 0.3 is 0 Å². The van der Waals surface area contributed by atoms with Gasteiger partial charge in [0.25, 0.3) is 11.7 Å². The number of nitrogens with one attached hydrogen (secondary N) is 3. The molecule has 0 saturated heterocycles. The molecule has 0 atom stereocenters. The zero-order chi connectivity index (χ0) is 18.5. The number of benzene rings is 2. The SMILES string of the molecule is O=C(NNC(=S)Nc1ccc(SC(F)F)cc1)c1ccc2c(c1)OCO2. The summed E-state index contributed by atoms with van der Waals surface area (Å²) < 4.78 is 35.0. The summed E-state index contributed by atoms with van der Waals surface area (Å²) in [6.45, 7) is 0.126. The van der Waals surface area contributed by atoms with E-state index in [9.17, 15) is 13.6 Å². The number of hydrogen-bond donors (Lipinski definition) is 3. The Labute approximate surface area is 157 Å². The molecule has 136 valence electrons. The maximum absolute atomic E-state index is 12.3. The van der Waals surface area contributed by atoms with Gasteiger partial charge in [-0.2, -0.15) is 8.78 Å². The maximum atomic E-state index is 12.3. The van der Waals surface area contributed by atoms with Gasteiger partial charge in [-0.05, 0) is 54.7 Å². The molecule has 0 aliphatic carbocycles. The van der Waals surface area contributed by atoms with Crippen molar-refractivity contribution in [2.75, 3.05) is 12.1 Å². The van der Waals surface area contributed by atoms with E-state index in [-0.39, 0.29) is 11.9 Å². The number of hydrogen-bond acceptors (Lipinski definition) is 5. The first-order valence-corrected chi connectivity index (χ1v) is 8.62. The minimum absolute atomic E-state index is 0.126. The fraction of sp³-hybridized carbons (Fsp3) is 0.125. The second-order valence-electron chi connectivity index (χ2n) is 5.00. The number of amides is 1. The van der Waals surface area contributed by atoms with E-state index in [0.717, 1.165) is 0 Å². The molecule has 2 aromatic carbocycles. The molecule has 0 spiro atoms. The lowest BCUT2D eigenvalue weighted by Crippen LogP contribution is -2.43. The average molecular weight is 397 g/mol. The molecular weight excluding hydrogens is 384 g/mol. The van der Waals surface area contributed by atoms with E-state index >= 15 is 0 Å². The van der Waals surface area contributed by atoms with E-state index in [1.165, 1.54) is 0 Å². The predicted molar refractivity (Wildman–Crippen MR) is 97.7 cm³/mol. The van der Waals surface area contributed by atoms with Gasteiger partial charge in [0, 0.05) is 16.1 Å². The highest BCUT2D eigenvalue weighted by Gasteiger charge is 2.16. The third kappa shape index (κ3) is 4.73. The molecule has 1 heterocycles. The maximum Gasteiger partial charge on any atom is 0.288 e. The Morgan fingerprint density at radius 2 is 1.81 bits per heavy atom. The van der Waals surface area contributed by atoms with Crippen molar-refractivity contribution in [1.29, 1.82) is 0 Å². The number of thiocarbonyl (C=S) groups is 1. The van der Waals surface area contributed by atoms with Crippen molar-refractivity contribution in [3.63, 3.8) is 0 Å². The van der Waals surface area contributed by atoms with Gasteiger partial charge in [0.15, 0.2) is 16.6 Å². The third-order valence-corrected chi connectivity index (χ3v) is 4.19. The van der Waals surface area contributed by atoms with Gasteiger partial charge < -0.3 is 14.8 Å². The minimum atomic E-state index is -2.47. The number of alkyl halides is 2. The third-order valence-electron chi connectivity index (χ3n) is 3.26. The molecule has 10 heteroatoms. The van der Waals surface area contributed by atoms with Crippen molar-refractivity contribution in [3.8, 4) is 11.5 Å². The second-order valence-corrected chi connectivity index (χ2v) is 6.48. The molecule has 3 rings (SSSR count). The van der Waals surface area contributed by atoms with Crippen molar-refractivity contribution in [1.82, 2.24) is 10.9 Å². The number of thioether (sulfide) groups is 1. The molecule has 0 bridgehead atoms. The van der Waals surface area contributed by atoms with Gasteiger partial charge in [-0.3, -0.25) is 15.6 Å². The number of halogens is 2.